The highest BCUT2D eigenvalue weighted by Crippen LogP contribution is 2.25. The van der Waals surface area contributed by atoms with Crippen molar-refractivity contribution in [2.24, 2.45) is 0 Å². The molecule has 128 valence electrons. The zero-order valence-corrected chi connectivity index (χ0v) is 14.0. The number of carbonyl (C=O) groups is 1. The number of fused-ring (bicyclic) bond motifs is 1. The van der Waals surface area contributed by atoms with Crippen molar-refractivity contribution >= 4 is 22.4 Å². The average Bonchev–Trinajstić information content (AvgIpc) is 2.64. The van der Waals surface area contributed by atoms with Gasteiger partial charge in [0.2, 0.25) is 5.88 Å². The fraction of sp³-hybridized carbons (Fsp3) is 0.222. The van der Waals surface area contributed by atoms with Gasteiger partial charge in [0.15, 0.2) is 0 Å². The topological polar surface area (TPSA) is 86.2 Å². The second-order valence-corrected chi connectivity index (χ2v) is 5.07. The van der Waals surface area contributed by atoms with E-state index in [1.807, 2.05) is 44.2 Å². The number of carbonyl (C=O) groups excluding carboxylic acids is 1. The summed E-state index contributed by atoms with van der Waals surface area (Å²) in [5, 5.41) is 4.48. The van der Waals surface area contributed by atoms with Gasteiger partial charge in [0.1, 0.15) is 11.4 Å². The molecule has 25 heavy (non-hydrogen) atoms. The maximum atomic E-state index is 12.7. The van der Waals surface area contributed by atoms with E-state index in [1.54, 1.807) is 6.20 Å². The van der Waals surface area contributed by atoms with Crippen LogP contribution >= 0.6 is 0 Å². The Labute approximate surface area is 145 Å². The Morgan fingerprint density at radius 3 is 2.68 bits per heavy atom. The molecule has 0 unspecified atom stereocenters. The van der Waals surface area contributed by atoms with Crippen molar-refractivity contribution in [1.82, 2.24) is 15.0 Å². The number of nitrogens with one attached hydrogen (secondary N) is 1. The number of hydrogen-bond acceptors (Lipinski definition) is 6. The summed E-state index contributed by atoms with van der Waals surface area (Å²) in [5.74, 6) is -0.0972. The maximum Gasteiger partial charge on any atom is 0.319 e. The van der Waals surface area contributed by atoms with Crippen LogP contribution in [0.25, 0.3) is 10.8 Å². The average molecular weight is 338 g/mol. The summed E-state index contributed by atoms with van der Waals surface area (Å²) >= 11 is 0. The Bertz CT molecular complexity index is 893. The molecule has 0 saturated heterocycles. The number of pyridine rings is 1. The quantitative estimate of drug-likeness (QED) is 0.743. The largest absolute Gasteiger partial charge is 0.476 e. The Hall–Kier alpha value is -3.22. The van der Waals surface area contributed by atoms with E-state index < -0.39 is 0 Å². The molecule has 0 aliphatic heterocycles. The molecular weight excluding hydrogens is 320 g/mol. The van der Waals surface area contributed by atoms with Gasteiger partial charge in [-0.1, -0.05) is 24.3 Å². The second-order valence-electron chi connectivity index (χ2n) is 5.07. The zero-order valence-electron chi connectivity index (χ0n) is 14.0. The summed E-state index contributed by atoms with van der Waals surface area (Å²) in [6, 6.07) is 9.63. The number of rotatable bonds is 6. The van der Waals surface area contributed by atoms with Gasteiger partial charge in [0.25, 0.3) is 5.91 Å². The zero-order chi connectivity index (χ0) is 17.6. The van der Waals surface area contributed by atoms with Crippen molar-refractivity contribution in [1.29, 1.82) is 0 Å². The smallest absolute Gasteiger partial charge is 0.319 e. The molecule has 3 aromatic rings. The Kier molecular flexibility index (Phi) is 5.03. The molecule has 1 amide bonds. The summed E-state index contributed by atoms with van der Waals surface area (Å²) in [6.07, 6.45) is 3.07. The van der Waals surface area contributed by atoms with Crippen molar-refractivity contribution in [3.63, 3.8) is 0 Å². The van der Waals surface area contributed by atoms with E-state index in [0.717, 1.165) is 10.8 Å². The lowest BCUT2D eigenvalue weighted by molar-refractivity contribution is 0.102. The third kappa shape index (κ3) is 3.65. The first-order valence-corrected chi connectivity index (χ1v) is 8.00. The van der Waals surface area contributed by atoms with Crippen molar-refractivity contribution in [2.75, 3.05) is 18.5 Å². The van der Waals surface area contributed by atoms with Crippen LogP contribution in [0, 0.1) is 0 Å². The Balaban J connectivity index is 1.92. The van der Waals surface area contributed by atoms with Gasteiger partial charge in [-0.2, -0.15) is 4.98 Å². The van der Waals surface area contributed by atoms with Crippen LogP contribution < -0.4 is 14.8 Å². The minimum atomic E-state index is -0.356. The molecule has 7 nitrogen and oxygen atoms in total. The molecule has 3 rings (SSSR count). The fourth-order valence-electron chi connectivity index (χ4n) is 2.36. The molecule has 0 aliphatic rings. The van der Waals surface area contributed by atoms with Gasteiger partial charge >= 0.3 is 6.01 Å². The van der Waals surface area contributed by atoms with Gasteiger partial charge in [-0.25, -0.2) is 4.98 Å². The molecule has 0 aliphatic carbocycles. The Morgan fingerprint density at radius 1 is 1.08 bits per heavy atom. The van der Waals surface area contributed by atoms with E-state index in [9.17, 15) is 4.79 Å². The standard InChI is InChI=1S/C18H18N4O3/c1-3-24-17-14(11-20-18(22-17)25-4-2)21-16(23)15-13-8-6-5-7-12(13)9-10-19-15/h5-11H,3-4H2,1-2H3,(H,21,23). The van der Waals surface area contributed by atoms with E-state index in [2.05, 4.69) is 20.3 Å². The SMILES string of the molecule is CCOc1ncc(NC(=O)c2nccc3ccccc23)c(OCC)n1. The van der Waals surface area contributed by atoms with Crippen molar-refractivity contribution in [2.45, 2.75) is 13.8 Å². The minimum absolute atomic E-state index is 0.201. The van der Waals surface area contributed by atoms with Gasteiger partial charge in [-0.05, 0) is 25.3 Å². The summed E-state index contributed by atoms with van der Waals surface area (Å²) in [4.78, 5) is 25.1. The van der Waals surface area contributed by atoms with E-state index in [1.165, 1.54) is 6.20 Å². The van der Waals surface area contributed by atoms with Gasteiger partial charge < -0.3 is 14.8 Å². The highest BCUT2D eigenvalue weighted by Gasteiger charge is 2.16. The van der Waals surface area contributed by atoms with Crippen LogP contribution in [0.3, 0.4) is 0 Å². The molecule has 0 fully saturated rings. The van der Waals surface area contributed by atoms with Crippen LogP contribution in [-0.2, 0) is 0 Å². The predicted molar refractivity (Wildman–Crippen MR) is 94.1 cm³/mol. The third-order valence-corrected chi connectivity index (χ3v) is 3.42. The molecule has 1 aromatic carbocycles. The molecule has 1 N–H and O–H groups in total. The molecule has 2 aromatic heterocycles. The van der Waals surface area contributed by atoms with Crippen molar-refractivity contribution in [3.8, 4) is 11.9 Å². The van der Waals surface area contributed by atoms with Gasteiger partial charge in [-0.15, -0.1) is 0 Å². The van der Waals surface area contributed by atoms with Crippen LogP contribution in [0.4, 0.5) is 5.69 Å². The molecule has 2 heterocycles. The molecule has 0 saturated carbocycles. The summed E-state index contributed by atoms with van der Waals surface area (Å²) < 4.78 is 10.7. The fourth-order valence-corrected chi connectivity index (χ4v) is 2.36. The highest BCUT2D eigenvalue weighted by atomic mass is 16.5. The minimum Gasteiger partial charge on any atom is -0.476 e. The lowest BCUT2D eigenvalue weighted by Crippen LogP contribution is -2.16. The monoisotopic (exact) mass is 338 g/mol. The summed E-state index contributed by atoms with van der Waals surface area (Å²) in [6.45, 7) is 4.51. The molecule has 0 spiro atoms. The first kappa shape index (κ1) is 16.6. The first-order valence-electron chi connectivity index (χ1n) is 8.00. The van der Waals surface area contributed by atoms with Gasteiger partial charge in [0.05, 0.1) is 19.4 Å². The van der Waals surface area contributed by atoms with Crippen LogP contribution in [0.1, 0.15) is 24.3 Å². The number of anilines is 1. The van der Waals surface area contributed by atoms with Gasteiger partial charge in [0, 0.05) is 11.6 Å². The highest BCUT2D eigenvalue weighted by molar-refractivity contribution is 6.11. The van der Waals surface area contributed by atoms with Crippen molar-refractivity contribution in [3.05, 3.63) is 48.4 Å². The number of hydrogen-bond donors (Lipinski definition) is 1. The number of benzene rings is 1. The van der Waals surface area contributed by atoms with Crippen LogP contribution in [0.15, 0.2) is 42.7 Å². The van der Waals surface area contributed by atoms with E-state index in [-0.39, 0.29) is 17.8 Å². The number of aromatic nitrogens is 3. The second kappa shape index (κ2) is 7.57. The summed E-state index contributed by atoms with van der Waals surface area (Å²) in [7, 11) is 0. The number of amides is 1. The lowest BCUT2D eigenvalue weighted by Gasteiger charge is -2.12. The molecule has 0 bridgehead atoms. The van der Waals surface area contributed by atoms with Gasteiger partial charge in [-0.3, -0.25) is 9.78 Å². The van der Waals surface area contributed by atoms with Crippen LogP contribution in [0.2, 0.25) is 0 Å². The first-order chi connectivity index (χ1) is 12.2. The van der Waals surface area contributed by atoms with E-state index in [0.29, 0.717) is 24.6 Å². The molecule has 0 atom stereocenters. The summed E-state index contributed by atoms with van der Waals surface area (Å²) in [5.41, 5.74) is 0.694. The normalized spacial score (nSPS) is 10.5. The molecular formula is C18H18N4O3. The van der Waals surface area contributed by atoms with E-state index in [4.69, 9.17) is 9.47 Å². The predicted octanol–water partition coefficient (Wildman–Crippen LogP) is 3.07. The third-order valence-electron chi connectivity index (χ3n) is 3.42. The van der Waals surface area contributed by atoms with Crippen LogP contribution in [-0.4, -0.2) is 34.1 Å². The molecule has 0 radical (unpaired) electrons. The van der Waals surface area contributed by atoms with E-state index >= 15 is 0 Å². The Morgan fingerprint density at radius 2 is 1.88 bits per heavy atom. The number of nitrogens with zero attached hydrogens (tertiary/aromatic N) is 3. The van der Waals surface area contributed by atoms with Crippen molar-refractivity contribution < 1.29 is 14.3 Å². The van der Waals surface area contributed by atoms with Crippen LogP contribution in [0.5, 0.6) is 11.9 Å². The maximum absolute atomic E-state index is 12.7. The number of ether oxygens (including phenoxy) is 2. The molecule has 7 heteroatoms. The lowest BCUT2D eigenvalue weighted by atomic mass is 10.1.